The van der Waals surface area contributed by atoms with Gasteiger partial charge in [0.1, 0.15) is 5.78 Å². The Morgan fingerprint density at radius 1 is 1.37 bits per heavy atom. The van der Waals surface area contributed by atoms with Crippen LogP contribution in [-0.2, 0) is 14.9 Å². The monoisotopic (exact) mass is 265 g/mol. The fraction of sp³-hybridized carbons (Fsp3) is 0.600. The highest BCUT2D eigenvalue weighted by atomic mass is 16.5. The van der Waals surface area contributed by atoms with Crippen molar-refractivity contribution < 1.29 is 14.3 Å². The van der Waals surface area contributed by atoms with E-state index in [-0.39, 0.29) is 17.2 Å². The molecule has 19 heavy (non-hydrogen) atoms. The summed E-state index contributed by atoms with van der Waals surface area (Å²) in [5.41, 5.74) is 2.32. The maximum Gasteiger partial charge on any atom is 0.339 e. The van der Waals surface area contributed by atoms with Gasteiger partial charge >= 0.3 is 5.97 Å². The second-order valence-corrected chi connectivity index (χ2v) is 5.65. The molecule has 1 heterocycles. The van der Waals surface area contributed by atoms with Crippen molar-refractivity contribution in [2.45, 2.75) is 52.4 Å². The van der Waals surface area contributed by atoms with Gasteiger partial charge in [-0.15, -0.1) is 0 Å². The van der Waals surface area contributed by atoms with Gasteiger partial charge in [-0.3, -0.25) is 0 Å². The first-order valence-electron chi connectivity index (χ1n) is 6.56. The number of aromatic amines is 1. The molecule has 0 saturated heterocycles. The van der Waals surface area contributed by atoms with E-state index in [4.69, 9.17) is 4.74 Å². The van der Waals surface area contributed by atoms with Gasteiger partial charge in [-0.25, -0.2) is 4.79 Å². The molecule has 4 heteroatoms. The molecule has 0 spiro atoms. The summed E-state index contributed by atoms with van der Waals surface area (Å²) < 4.78 is 4.75. The third-order valence-electron chi connectivity index (χ3n) is 3.48. The third kappa shape index (κ3) is 3.94. The average Bonchev–Trinajstić information content (AvgIpc) is 2.70. The average molecular weight is 265 g/mol. The molecule has 1 aromatic rings. The van der Waals surface area contributed by atoms with Crippen molar-refractivity contribution >= 4 is 11.8 Å². The van der Waals surface area contributed by atoms with Crippen LogP contribution in [0.25, 0.3) is 0 Å². The lowest BCUT2D eigenvalue weighted by Gasteiger charge is -2.23. The number of carbonyl (C=O) groups excluding carboxylic acids is 2. The number of hydrogen-bond donors (Lipinski definition) is 1. The fourth-order valence-electron chi connectivity index (χ4n) is 2.16. The molecule has 0 aliphatic heterocycles. The Balaban J connectivity index is 2.83. The van der Waals surface area contributed by atoms with Crippen LogP contribution in [0.3, 0.4) is 0 Å². The van der Waals surface area contributed by atoms with Gasteiger partial charge < -0.3 is 14.5 Å². The highest BCUT2D eigenvalue weighted by Crippen LogP contribution is 2.30. The number of ether oxygens (including phenoxy) is 1. The van der Waals surface area contributed by atoms with Crippen LogP contribution in [0.15, 0.2) is 6.07 Å². The first-order chi connectivity index (χ1) is 8.77. The van der Waals surface area contributed by atoms with Crippen LogP contribution in [0.5, 0.6) is 0 Å². The van der Waals surface area contributed by atoms with Gasteiger partial charge in [0, 0.05) is 23.2 Å². The summed E-state index contributed by atoms with van der Waals surface area (Å²) in [5, 5.41) is 0. The summed E-state index contributed by atoms with van der Waals surface area (Å²) in [7, 11) is 1.38. The number of hydrogen-bond acceptors (Lipinski definition) is 3. The van der Waals surface area contributed by atoms with E-state index in [9.17, 15) is 9.59 Å². The van der Waals surface area contributed by atoms with Gasteiger partial charge in [0.15, 0.2) is 0 Å². The molecular weight excluding hydrogens is 242 g/mol. The van der Waals surface area contributed by atoms with E-state index in [0.717, 1.165) is 24.2 Å². The number of aryl methyl sites for hydroxylation is 1. The molecule has 0 aliphatic rings. The Morgan fingerprint density at radius 2 is 2.00 bits per heavy atom. The molecule has 0 fully saturated rings. The summed E-state index contributed by atoms with van der Waals surface area (Å²) in [6, 6.07) is 1.86. The molecule has 4 nitrogen and oxygen atoms in total. The van der Waals surface area contributed by atoms with E-state index in [2.05, 4.69) is 18.8 Å². The number of Topliss-reactive ketones (excluding diaryl/α,β-unsaturated/α-hetero) is 1. The predicted octanol–water partition coefficient (Wildman–Crippen LogP) is 3.15. The molecule has 0 amide bonds. The van der Waals surface area contributed by atoms with Crippen LogP contribution >= 0.6 is 0 Å². The maximum absolute atomic E-state index is 11.6. The third-order valence-corrected chi connectivity index (χ3v) is 3.48. The van der Waals surface area contributed by atoms with E-state index >= 15 is 0 Å². The van der Waals surface area contributed by atoms with E-state index < -0.39 is 0 Å². The van der Waals surface area contributed by atoms with Crippen molar-refractivity contribution in [1.29, 1.82) is 0 Å². The number of rotatable bonds is 6. The lowest BCUT2D eigenvalue weighted by Crippen LogP contribution is -2.18. The van der Waals surface area contributed by atoms with Crippen molar-refractivity contribution in [2.24, 2.45) is 0 Å². The number of methoxy groups -OCH3 is 1. The predicted molar refractivity (Wildman–Crippen MR) is 74.4 cm³/mol. The van der Waals surface area contributed by atoms with Gasteiger partial charge in [-0.1, -0.05) is 13.8 Å². The highest BCUT2D eigenvalue weighted by Gasteiger charge is 2.25. The minimum atomic E-state index is -0.320. The van der Waals surface area contributed by atoms with Gasteiger partial charge in [0.25, 0.3) is 0 Å². The lowest BCUT2D eigenvalue weighted by atomic mass is 9.83. The van der Waals surface area contributed by atoms with Gasteiger partial charge in [0.2, 0.25) is 0 Å². The van der Waals surface area contributed by atoms with E-state index in [0.29, 0.717) is 12.0 Å². The van der Waals surface area contributed by atoms with Crippen molar-refractivity contribution in [3.63, 3.8) is 0 Å². The fourth-order valence-corrected chi connectivity index (χ4v) is 2.16. The Morgan fingerprint density at radius 3 is 2.53 bits per heavy atom. The van der Waals surface area contributed by atoms with Crippen LogP contribution in [0, 0.1) is 6.92 Å². The zero-order chi connectivity index (χ0) is 14.6. The molecule has 106 valence electrons. The first kappa shape index (κ1) is 15.5. The van der Waals surface area contributed by atoms with E-state index in [1.807, 2.05) is 13.0 Å². The van der Waals surface area contributed by atoms with Crippen LogP contribution < -0.4 is 0 Å². The molecule has 0 aliphatic carbocycles. The van der Waals surface area contributed by atoms with Gasteiger partial charge in [-0.05, 0) is 32.8 Å². The molecular formula is C15H23NO3. The van der Waals surface area contributed by atoms with Crippen LogP contribution in [-0.4, -0.2) is 23.8 Å². The highest BCUT2D eigenvalue weighted by molar-refractivity contribution is 5.90. The molecule has 0 radical (unpaired) electrons. The smallest absolute Gasteiger partial charge is 0.339 e. The van der Waals surface area contributed by atoms with Crippen LogP contribution in [0.4, 0.5) is 0 Å². The van der Waals surface area contributed by atoms with Crippen LogP contribution in [0.2, 0.25) is 0 Å². The number of ketones is 1. The minimum absolute atomic E-state index is 0.0908. The Kier molecular flexibility index (Phi) is 4.92. The molecule has 0 unspecified atom stereocenters. The molecule has 0 aromatic carbocycles. The summed E-state index contributed by atoms with van der Waals surface area (Å²) in [5.74, 6) is -0.103. The Bertz CT molecular complexity index is 472. The number of esters is 1. The largest absolute Gasteiger partial charge is 0.465 e. The first-order valence-corrected chi connectivity index (χ1v) is 6.56. The van der Waals surface area contributed by atoms with Crippen LogP contribution in [0.1, 0.15) is 61.8 Å². The van der Waals surface area contributed by atoms with Crippen molar-refractivity contribution in [3.05, 3.63) is 23.0 Å². The Labute approximate surface area is 114 Å². The molecule has 0 saturated carbocycles. The van der Waals surface area contributed by atoms with E-state index in [1.54, 1.807) is 6.92 Å². The van der Waals surface area contributed by atoms with Gasteiger partial charge in [-0.2, -0.15) is 0 Å². The second-order valence-electron chi connectivity index (χ2n) is 5.65. The zero-order valence-corrected chi connectivity index (χ0v) is 12.4. The summed E-state index contributed by atoms with van der Waals surface area (Å²) in [4.78, 5) is 25.8. The number of nitrogens with one attached hydrogen (secondary N) is 1. The lowest BCUT2D eigenvalue weighted by molar-refractivity contribution is -0.117. The maximum atomic E-state index is 11.6. The van der Waals surface area contributed by atoms with Crippen molar-refractivity contribution in [1.82, 2.24) is 4.98 Å². The molecule has 0 atom stereocenters. The van der Waals surface area contributed by atoms with E-state index in [1.165, 1.54) is 7.11 Å². The normalized spacial score (nSPS) is 11.4. The summed E-state index contributed by atoms with van der Waals surface area (Å²) in [6.07, 6.45) is 2.36. The summed E-state index contributed by atoms with van der Waals surface area (Å²) >= 11 is 0. The number of aromatic nitrogens is 1. The standard InChI is InChI=1S/C15H23NO3/c1-10(17)7-6-8-15(3,4)13-9-12(11(2)16-13)14(18)19-5/h9,16H,6-8H2,1-5H3. The van der Waals surface area contributed by atoms with Gasteiger partial charge in [0.05, 0.1) is 12.7 Å². The molecule has 1 N–H and O–H groups in total. The van der Waals surface area contributed by atoms with Crippen molar-refractivity contribution in [2.75, 3.05) is 7.11 Å². The second kappa shape index (κ2) is 6.04. The van der Waals surface area contributed by atoms with Crippen molar-refractivity contribution in [3.8, 4) is 0 Å². The Hall–Kier alpha value is -1.58. The minimum Gasteiger partial charge on any atom is -0.465 e. The summed E-state index contributed by atoms with van der Waals surface area (Å²) in [6.45, 7) is 7.70. The number of H-pyrrole nitrogens is 1. The molecule has 0 bridgehead atoms. The molecule has 1 rings (SSSR count). The number of carbonyl (C=O) groups is 2. The molecule has 1 aromatic heterocycles. The quantitative estimate of drug-likeness (QED) is 0.804. The topological polar surface area (TPSA) is 59.2 Å². The zero-order valence-electron chi connectivity index (χ0n) is 12.4. The SMILES string of the molecule is COC(=O)c1cc(C(C)(C)CCCC(C)=O)[nH]c1C.